The zero-order valence-electron chi connectivity index (χ0n) is 12.3. The molecule has 2 bridgehead atoms. The minimum absolute atomic E-state index is 0.296. The first-order valence-electron chi connectivity index (χ1n) is 7.44. The van der Waals surface area contributed by atoms with Crippen molar-refractivity contribution in [2.75, 3.05) is 27.3 Å². The zero-order valence-corrected chi connectivity index (χ0v) is 12.3. The molecular weight excluding hydrogens is 252 g/mol. The van der Waals surface area contributed by atoms with Crippen LogP contribution in [0.25, 0.3) is 0 Å². The molecule has 1 heterocycles. The lowest BCUT2D eigenvalue weighted by Gasteiger charge is -2.34. The monoisotopic (exact) mass is 276 g/mol. The van der Waals surface area contributed by atoms with Crippen LogP contribution >= 0.6 is 0 Å². The van der Waals surface area contributed by atoms with E-state index in [1.807, 2.05) is 6.07 Å². The molecule has 4 nitrogen and oxygen atoms in total. The highest BCUT2D eigenvalue weighted by atomic mass is 16.5. The summed E-state index contributed by atoms with van der Waals surface area (Å²) in [5, 5.41) is 0. The van der Waals surface area contributed by atoms with Gasteiger partial charge in [0, 0.05) is 25.2 Å². The highest BCUT2D eigenvalue weighted by Gasteiger charge is 2.41. The molecule has 2 aliphatic rings. The van der Waals surface area contributed by atoms with Crippen LogP contribution in [0.15, 0.2) is 18.2 Å². The fourth-order valence-corrected chi connectivity index (χ4v) is 3.87. The number of piperidine rings is 1. The van der Waals surface area contributed by atoms with E-state index < -0.39 is 0 Å². The third kappa shape index (κ3) is 2.27. The van der Waals surface area contributed by atoms with Gasteiger partial charge in [-0.3, -0.25) is 4.90 Å². The molecule has 0 spiro atoms. The van der Waals surface area contributed by atoms with Crippen molar-refractivity contribution in [3.8, 4) is 11.5 Å². The van der Waals surface area contributed by atoms with Crippen molar-refractivity contribution in [2.24, 2.45) is 11.7 Å². The summed E-state index contributed by atoms with van der Waals surface area (Å²) in [7, 11) is 3.34. The molecule has 1 aliphatic carbocycles. The number of benzene rings is 1. The average Bonchev–Trinajstić information content (AvgIpc) is 3.11. The number of hydrogen-bond acceptors (Lipinski definition) is 4. The van der Waals surface area contributed by atoms with E-state index in [1.165, 1.54) is 31.4 Å². The molecule has 0 amide bonds. The third-order valence-corrected chi connectivity index (χ3v) is 4.87. The lowest BCUT2D eigenvalue weighted by atomic mass is 10.0. The van der Waals surface area contributed by atoms with E-state index in [4.69, 9.17) is 15.2 Å². The first kappa shape index (κ1) is 13.7. The first-order chi connectivity index (χ1) is 9.76. The van der Waals surface area contributed by atoms with Crippen LogP contribution in [0.3, 0.4) is 0 Å². The number of fused-ring (bicyclic) bond motifs is 2. The maximum Gasteiger partial charge on any atom is 0.161 e. The van der Waals surface area contributed by atoms with Crippen molar-refractivity contribution in [3.63, 3.8) is 0 Å². The maximum absolute atomic E-state index is 6.06. The molecule has 2 N–H and O–H groups in total. The molecule has 0 radical (unpaired) electrons. The molecule has 1 aromatic carbocycles. The van der Waals surface area contributed by atoms with E-state index in [1.54, 1.807) is 14.2 Å². The van der Waals surface area contributed by atoms with Crippen LogP contribution in [0.5, 0.6) is 11.5 Å². The summed E-state index contributed by atoms with van der Waals surface area (Å²) >= 11 is 0. The predicted octanol–water partition coefficient (Wildman–Crippen LogP) is 2.19. The number of methoxy groups -OCH3 is 2. The number of nitrogens with two attached hydrogens (primary N) is 1. The maximum atomic E-state index is 6.06. The second-order valence-corrected chi connectivity index (χ2v) is 5.90. The molecule has 1 saturated heterocycles. The number of likely N-dealkylation sites (tertiary alicyclic amines) is 1. The number of rotatable bonds is 5. The summed E-state index contributed by atoms with van der Waals surface area (Å²) in [6.45, 7) is 1.85. The number of hydrogen-bond donors (Lipinski definition) is 1. The summed E-state index contributed by atoms with van der Waals surface area (Å²) in [5.41, 5.74) is 7.30. The highest BCUT2D eigenvalue weighted by molar-refractivity contribution is 5.44. The van der Waals surface area contributed by atoms with Crippen LogP contribution in [-0.2, 0) is 0 Å². The van der Waals surface area contributed by atoms with Gasteiger partial charge in [-0.1, -0.05) is 6.07 Å². The molecule has 1 aromatic rings. The Labute approximate surface area is 120 Å². The Morgan fingerprint density at radius 2 is 2.05 bits per heavy atom. The standard InChI is InChI=1S/C16H24N2O2/c1-19-15-6-4-12(8-16(15)20-2)14(9-17)18-10-11-3-5-13(18)7-11/h4,6,8,11,13-14H,3,5,7,9-10,17H2,1-2H3. The third-order valence-electron chi connectivity index (χ3n) is 4.87. The molecule has 4 heteroatoms. The van der Waals surface area contributed by atoms with E-state index in [2.05, 4.69) is 17.0 Å². The van der Waals surface area contributed by atoms with Gasteiger partial charge < -0.3 is 15.2 Å². The lowest BCUT2D eigenvalue weighted by molar-refractivity contribution is 0.153. The normalized spacial score (nSPS) is 26.8. The van der Waals surface area contributed by atoms with E-state index in [0.29, 0.717) is 12.6 Å². The predicted molar refractivity (Wildman–Crippen MR) is 79.2 cm³/mol. The molecule has 3 unspecified atom stereocenters. The minimum Gasteiger partial charge on any atom is -0.493 e. The smallest absolute Gasteiger partial charge is 0.161 e. The summed E-state index contributed by atoms with van der Waals surface area (Å²) < 4.78 is 10.7. The second kappa shape index (κ2) is 5.62. The molecule has 2 fully saturated rings. The van der Waals surface area contributed by atoms with Crippen molar-refractivity contribution < 1.29 is 9.47 Å². The molecule has 20 heavy (non-hydrogen) atoms. The molecule has 3 rings (SSSR count). The van der Waals surface area contributed by atoms with Crippen LogP contribution in [0.2, 0.25) is 0 Å². The number of ether oxygens (including phenoxy) is 2. The first-order valence-corrected chi connectivity index (χ1v) is 7.44. The largest absolute Gasteiger partial charge is 0.493 e. The SMILES string of the molecule is COc1ccc(C(CN)N2CC3CCC2C3)cc1OC. The van der Waals surface area contributed by atoms with E-state index >= 15 is 0 Å². The zero-order chi connectivity index (χ0) is 14.1. The Morgan fingerprint density at radius 3 is 2.60 bits per heavy atom. The fraction of sp³-hybridized carbons (Fsp3) is 0.625. The minimum atomic E-state index is 0.296. The fourth-order valence-electron chi connectivity index (χ4n) is 3.87. The van der Waals surface area contributed by atoms with Crippen molar-refractivity contribution in [1.29, 1.82) is 0 Å². The summed E-state index contributed by atoms with van der Waals surface area (Å²) in [6, 6.07) is 7.19. The van der Waals surface area contributed by atoms with Gasteiger partial charge in [-0.2, -0.15) is 0 Å². The van der Waals surface area contributed by atoms with Gasteiger partial charge in [-0.05, 0) is 42.9 Å². The van der Waals surface area contributed by atoms with E-state index in [-0.39, 0.29) is 0 Å². The van der Waals surface area contributed by atoms with Crippen LogP contribution in [0.4, 0.5) is 0 Å². The summed E-state index contributed by atoms with van der Waals surface area (Å²) in [4.78, 5) is 2.59. The Morgan fingerprint density at radius 1 is 1.25 bits per heavy atom. The lowest BCUT2D eigenvalue weighted by Crippen LogP contribution is -2.39. The average molecular weight is 276 g/mol. The van der Waals surface area contributed by atoms with Gasteiger partial charge in [-0.15, -0.1) is 0 Å². The van der Waals surface area contributed by atoms with Gasteiger partial charge in [0.25, 0.3) is 0 Å². The highest BCUT2D eigenvalue weighted by Crippen LogP contribution is 2.42. The van der Waals surface area contributed by atoms with Crippen LogP contribution in [0, 0.1) is 5.92 Å². The Bertz CT molecular complexity index is 478. The van der Waals surface area contributed by atoms with Crippen LogP contribution in [-0.4, -0.2) is 38.3 Å². The van der Waals surface area contributed by atoms with Gasteiger partial charge in [0.2, 0.25) is 0 Å². The quantitative estimate of drug-likeness (QED) is 0.895. The van der Waals surface area contributed by atoms with Gasteiger partial charge in [0.15, 0.2) is 11.5 Å². The molecular formula is C16H24N2O2. The Kier molecular flexibility index (Phi) is 3.85. The molecule has 110 valence electrons. The Balaban J connectivity index is 1.86. The van der Waals surface area contributed by atoms with Crippen molar-refractivity contribution >= 4 is 0 Å². The number of nitrogens with zero attached hydrogens (tertiary/aromatic N) is 1. The van der Waals surface area contributed by atoms with E-state index in [0.717, 1.165) is 23.5 Å². The molecule has 1 aliphatic heterocycles. The van der Waals surface area contributed by atoms with Crippen LogP contribution in [0.1, 0.15) is 30.9 Å². The topological polar surface area (TPSA) is 47.7 Å². The van der Waals surface area contributed by atoms with Crippen LogP contribution < -0.4 is 15.2 Å². The summed E-state index contributed by atoms with van der Waals surface area (Å²) in [5.74, 6) is 2.44. The van der Waals surface area contributed by atoms with Gasteiger partial charge >= 0.3 is 0 Å². The molecule has 1 saturated carbocycles. The second-order valence-electron chi connectivity index (χ2n) is 5.90. The molecule has 0 aromatic heterocycles. The van der Waals surface area contributed by atoms with Crippen molar-refractivity contribution in [1.82, 2.24) is 4.90 Å². The van der Waals surface area contributed by atoms with Gasteiger partial charge in [0.05, 0.1) is 14.2 Å². The van der Waals surface area contributed by atoms with Gasteiger partial charge in [-0.25, -0.2) is 0 Å². The Hall–Kier alpha value is -1.26. The van der Waals surface area contributed by atoms with Gasteiger partial charge in [0.1, 0.15) is 0 Å². The van der Waals surface area contributed by atoms with Crippen molar-refractivity contribution in [2.45, 2.75) is 31.3 Å². The molecule has 3 atom stereocenters. The van der Waals surface area contributed by atoms with E-state index in [9.17, 15) is 0 Å². The summed E-state index contributed by atoms with van der Waals surface area (Å²) in [6.07, 6.45) is 4.07. The van der Waals surface area contributed by atoms with Crippen molar-refractivity contribution in [3.05, 3.63) is 23.8 Å².